The van der Waals surface area contributed by atoms with Crippen molar-refractivity contribution in [2.24, 2.45) is 0 Å². The molecule has 164 valence electrons. The van der Waals surface area contributed by atoms with E-state index in [1.807, 2.05) is 19.9 Å². The average Bonchev–Trinajstić information content (AvgIpc) is 3.14. The Labute approximate surface area is 181 Å². The van der Waals surface area contributed by atoms with Crippen molar-refractivity contribution in [2.45, 2.75) is 26.7 Å². The summed E-state index contributed by atoms with van der Waals surface area (Å²) in [7, 11) is -1.93. The third-order valence-corrected chi connectivity index (χ3v) is 6.51. The molecule has 0 saturated heterocycles. The fourth-order valence-electron chi connectivity index (χ4n) is 3.30. The topological polar surface area (TPSA) is 88.3 Å². The van der Waals surface area contributed by atoms with Gasteiger partial charge in [0.15, 0.2) is 0 Å². The molecule has 3 aromatic rings. The van der Waals surface area contributed by atoms with Gasteiger partial charge in [0.05, 0.1) is 24.2 Å². The Morgan fingerprint density at radius 3 is 2.42 bits per heavy atom. The first-order valence-electron chi connectivity index (χ1n) is 9.83. The van der Waals surface area contributed by atoms with Gasteiger partial charge in [-0.1, -0.05) is 13.0 Å². The maximum Gasteiger partial charge on any atom is 0.232 e. The van der Waals surface area contributed by atoms with E-state index in [0.29, 0.717) is 28.3 Å². The Morgan fingerprint density at radius 2 is 1.84 bits per heavy atom. The zero-order valence-corrected chi connectivity index (χ0v) is 18.6. The predicted molar refractivity (Wildman–Crippen MR) is 119 cm³/mol. The van der Waals surface area contributed by atoms with Crippen LogP contribution in [0.2, 0.25) is 0 Å². The molecule has 1 aromatic heterocycles. The summed E-state index contributed by atoms with van der Waals surface area (Å²) in [5.41, 5.74) is 2.98. The number of ketones is 1. The van der Waals surface area contributed by atoms with Crippen molar-refractivity contribution in [2.75, 3.05) is 17.6 Å². The van der Waals surface area contributed by atoms with Gasteiger partial charge in [-0.15, -0.1) is 0 Å². The van der Waals surface area contributed by atoms with E-state index in [9.17, 15) is 17.6 Å². The summed E-state index contributed by atoms with van der Waals surface area (Å²) in [6.45, 7) is 5.15. The normalized spacial score (nSPS) is 12.4. The zero-order valence-electron chi connectivity index (χ0n) is 17.8. The molecule has 0 aliphatic rings. The van der Waals surface area contributed by atoms with Crippen LogP contribution in [0.4, 0.5) is 10.1 Å². The molecule has 1 unspecified atom stereocenters. The summed E-state index contributed by atoms with van der Waals surface area (Å²) in [5, 5.41) is 0. The lowest BCUT2D eigenvalue weighted by atomic mass is 9.97. The van der Waals surface area contributed by atoms with E-state index < -0.39 is 15.8 Å². The largest absolute Gasteiger partial charge is 0.497 e. The summed E-state index contributed by atoms with van der Waals surface area (Å²) >= 11 is 0. The number of halogens is 1. The lowest BCUT2D eigenvalue weighted by Crippen LogP contribution is -2.15. The third-order valence-electron chi connectivity index (χ3n) is 5.20. The number of carbonyl (C=O) groups is 1. The highest BCUT2D eigenvalue weighted by molar-refractivity contribution is 7.92. The summed E-state index contributed by atoms with van der Waals surface area (Å²) in [6, 6.07) is 12.9. The van der Waals surface area contributed by atoms with Gasteiger partial charge in [0.25, 0.3) is 0 Å². The second-order valence-corrected chi connectivity index (χ2v) is 9.31. The molecule has 1 heterocycles. The lowest BCUT2D eigenvalue weighted by molar-refractivity contribution is 0.103. The first-order valence-corrected chi connectivity index (χ1v) is 11.5. The molecule has 1 atom stereocenters. The number of sulfonamides is 1. The summed E-state index contributed by atoms with van der Waals surface area (Å²) in [6.07, 6.45) is 0. The Balaban J connectivity index is 1.86. The van der Waals surface area contributed by atoms with Crippen molar-refractivity contribution in [3.63, 3.8) is 0 Å². The van der Waals surface area contributed by atoms with Crippen molar-refractivity contribution in [3.8, 4) is 5.75 Å². The van der Waals surface area contributed by atoms with Gasteiger partial charge in [0.2, 0.25) is 15.8 Å². The maximum absolute atomic E-state index is 14.7. The SMILES string of the molecule is CCS(=O)(=O)Nc1ccc(C(C)c2cc(C)c(C(=O)c3ccc(OC)cc3)[nH]2)c(F)c1. The molecule has 0 bridgehead atoms. The fourth-order valence-corrected chi connectivity index (χ4v) is 3.93. The molecule has 0 radical (unpaired) electrons. The minimum atomic E-state index is -3.49. The van der Waals surface area contributed by atoms with Crippen LogP contribution in [0.25, 0.3) is 0 Å². The van der Waals surface area contributed by atoms with Crippen LogP contribution in [-0.2, 0) is 10.0 Å². The number of aromatic nitrogens is 1. The van der Waals surface area contributed by atoms with Gasteiger partial charge in [0.1, 0.15) is 11.6 Å². The van der Waals surface area contributed by atoms with E-state index in [4.69, 9.17) is 4.74 Å². The number of hydrogen-bond acceptors (Lipinski definition) is 4. The number of aryl methyl sites for hydroxylation is 1. The predicted octanol–water partition coefficient (Wildman–Crippen LogP) is 4.62. The average molecular weight is 445 g/mol. The number of H-pyrrole nitrogens is 1. The fraction of sp³-hybridized carbons (Fsp3) is 0.261. The molecule has 0 aliphatic heterocycles. The van der Waals surface area contributed by atoms with Crippen molar-refractivity contribution < 1.29 is 22.3 Å². The van der Waals surface area contributed by atoms with Gasteiger partial charge in [-0.2, -0.15) is 0 Å². The van der Waals surface area contributed by atoms with Crippen LogP contribution in [0, 0.1) is 12.7 Å². The highest BCUT2D eigenvalue weighted by Crippen LogP contribution is 2.30. The molecule has 0 amide bonds. The van der Waals surface area contributed by atoms with Crippen LogP contribution < -0.4 is 9.46 Å². The molecule has 31 heavy (non-hydrogen) atoms. The van der Waals surface area contributed by atoms with Crippen LogP contribution >= 0.6 is 0 Å². The molecule has 2 aromatic carbocycles. The number of aromatic amines is 1. The Morgan fingerprint density at radius 1 is 1.16 bits per heavy atom. The molecular formula is C23H25FN2O4S. The highest BCUT2D eigenvalue weighted by Gasteiger charge is 2.21. The number of hydrogen-bond donors (Lipinski definition) is 2. The molecule has 0 saturated carbocycles. The number of ether oxygens (including phenoxy) is 1. The second-order valence-electron chi connectivity index (χ2n) is 7.30. The van der Waals surface area contributed by atoms with Gasteiger partial charge >= 0.3 is 0 Å². The van der Waals surface area contributed by atoms with Crippen LogP contribution in [0.15, 0.2) is 48.5 Å². The van der Waals surface area contributed by atoms with Crippen LogP contribution in [0.1, 0.15) is 52.6 Å². The minimum Gasteiger partial charge on any atom is -0.497 e. The van der Waals surface area contributed by atoms with Crippen molar-refractivity contribution in [1.82, 2.24) is 4.98 Å². The number of nitrogens with one attached hydrogen (secondary N) is 2. The summed E-state index contributed by atoms with van der Waals surface area (Å²) in [5.74, 6) is -0.496. The number of methoxy groups -OCH3 is 1. The van der Waals surface area contributed by atoms with Crippen molar-refractivity contribution >= 4 is 21.5 Å². The molecule has 8 heteroatoms. The first kappa shape index (κ1) is 22.6. The number of anilines is 1. The van der Waals surface area contributed by atoms with Gasteiger partial charge in [-0.25, -0.2) is 12.8 Å². The molecule has 0 fully saturated rings. The number of benzene rings is 2. The van der Waals surface area contributed by atoms with Crippen molar-refractivity contribution in [3.05, 3.63) is 82.4 Å². The molecule has 3 rings (SSSR count). The van der Waals surface area contributed by atoms with E-state index in [1.54, 1.807) is 37.4 Å². The number of rotatable bonds is 8. The Bertz CT molecular complexity index is 1200. The smallest absolute Gasteiger partial charge is 0.232 e. The summed E-state index contributed by atoms with van der Waals surface area (Å²) in [4.78, 5) is 16.0. The van der Waals surface area contributed by atoms with Crippen LogP contribution in [0.3, 0.4) is 0 Å². The molecular weight excluding hydrogens is 419 g/mol. The third kappa shape index (κ3) is 4.96. The second kappa shape index (κ2) is 8.93. The van der Waals surface area contributed by atoms with Gasteiger partial charge in [0, 0.05) is 17.2 Å². The van der Waals surface area contributed by atoms with E-state index in [-0.39, 0.29) is 23.1 Å². The van der Waals surface area contributed by atoms with E-state index in [0.717, 1.165) is 11.6 Å². The van der Waals surface area contributed by atoms with Gasteiger partial charge < -0.3 is 9.72 Å². The molecule has 0 spiro atoms. The quantitative estimate of drug-likeness (QED) is 0.497. The Hall–Kier alpha value is -3.13. The van der Waals surface area contributed by atoms with E-state index in [2.05, 4.69) is 9.71 Å². The summed E-state index contributed by atoms with van der Waals surface area (Å²) < 4.78 is 45.6. The maximum atomic E-state index is 14.7. The van der Waals surface area contributed by atoms with Crippen molar-refractivity contribution in [1.29, 1.82) is 0 Å². The monoisotopic (exact) mass is 444 g/mol. The first-order chi connectivity index (χ1) is 14.6. The minimum absolute atomic E-state index is 0.0977. The lowest BCUT2D eigenvalue weighted by Gasteiger charge is -2.13. The standard InChI is InChI=1S/C23H25FN2O4S/c1-5-31(28,29)26-17-8-11-19(20(24)13-17)15(3)21-12-14(2)22(25-21)23(27)16-6-9-18(30-4)10-7-16/h6-13,15,25-26H,5H2,1-4H3. The van der Waals surface area contributed by atoms with Crippen LogP contribution in [0.5, 0.6) is 5.75 Å². The van der Waals surface area contributed by atoms with Gasteiger partial charge in [-0.3, -0.25) is 9.52 Å². The Kier molecular flexibility index (Phi) is 6.50. The van der Waals surface area contributed by atoms with Crippen LogP contribution in [-0.4, -0.2) is 32.0 Å². The van der Waals surface area contributed by atoms with Gasteiger partial charge in [-0.05, 0) is 67.4 Å². The van der Waals surface area contributed by atoms with E-state index >= 15 is 0 Å². The molecule has 0 aliphatic carbocycles. The number of carbonyl (C=O) groups excluding carboxylic acids is 1. The highest BCUT2D eigenvalue weighted by atomic mass is 32.2. The molecule has 2 N–H and O–H groups in total. The molecule has 6 nitrogen and oxygen atoms in total. The zero-order chi connectivity index (χ0) is 22.8. The van der Waals surface area contributed by atoms with E-state index in [1.165, 1.54) is 13.0 Å².